The summed E-state index contributed by atoms with van der Waals surface area (Å²) in [4.78, 5) is 15.8. The molecule has 0 aliphatic heterocycles. The molecule has 0 atom stereocenters. The molecule has 3 heterocycles. The summed E-state index contributed by atoms with van der Waals surface area (Å²) in [6.45, 7) is 0. The second-order valence-electron chi connectivity index (χ2n) is 15.1. The first-order chi connectivity index (χ1) is 25.9. The number of hydrogen-bond donors (Lipinski definition) is 0. The Morgan fingerprint density at radius 2 is 0.796 bits per heavy atom. The van der Waals surface area contributed by atoms with E-state index in [-0.39, 0.29) is 0 Å². The van der Waals surface area contributed by atoms with Crippen LogP contribution in [0.4, 0.5) is 0 Å². The first-order valence-corrected chi connectivity index (χ1v) is 18.7. The summed E-state index contributed by atoms with van der Waals surface area (Å²) in [6, 6.07) is 27.3. The van der Waals surface area contributed by atoms with E-state index in [1.807, 2.05) is 12.1 Å². The second kappa shape index (κ2) is 12.6. The fourth-order valence-corrected chi connectivity index (χ4v) is 8.46. The molecule has 0 aliphatic carbocycles. The van der Waals surface area contributed by atoms with E-state index in [4.69, 9.17) is 23.8 Å². The molecule has 3 aromatic heterocycles. The standard InChI is InChI=1S/C39H33B10N3O2/c40-26-24(27(41)31(45)34(48)30(26)44)38-50-37(51-39(52-38)25-28(42)32(46)35(49)33(47)29(25)43)15-9-11-19-18-10-8-14(12-22(18)53-23(19)13-15)16-5-3-6-20-17-4-1-2-7-21(17)54-36(16)20/h1-13H,40-49H2. The predicted octanol–water partition coefficient (Wildman–Crippen LogP) is -7.08. The highest BCUT2D eigenvalue weighted by Crippen LogP contribution is 2.39. The summed E-state index contributed by atoms with van der Waals surface area (Å²) in [5.41, 5.74) is 21.0. The highest BCUT2D eigenvalue weighted by atomic mass is 16.3. The zero-order valence-corrected chi connectivity index (χ0v) is 32.7. The summed E-state index contributed by atoms with van der Waals surface area (Å²) in [7, 11) is 21.9. The molecule has 0 aliphatic rings. The fraction of sp³-hybridized carbons (Fsp3) is 0. The Morgan fingerprint density at radius 3 is 1.37 bits per heavy atom. The van der Waals surface area contributed by atoms with Crippen molar-refractivity contribution in [1.82, 2.24) is 15.0 Å². The predicted molar refractivity (Wildman–Crippen MR) is 258 cm³/mol. The summed E-state index contributed by atoms with van der Waals surface area (Å²) < 4.78 is 13.0. The molecule has 0 fully saturated rings. The van der Waals surface area contributed by atoms with Crippen LogP contribution < -0.4 is 54.6 Å². The van der Waals surface area contributed by atoms with E-state index in [0.29, 0.717) is 17.5 Å². The van der Waals surface area contributed by atoms with Crippen LogP contribution in [0.15, 0.2) is 87.7 Å². The van der Waals surface area contributed by atoms with Crippen LogP contribution in [0.25, 0.3) is 89.2 Å². The van der Waals surface area contributed by atoms with Gasteiger partial charge < -0.3 is 8.83 Å². The van der Waals surface area contributed by atoms with E-state index in [0.717, 1.165) is 71.7 Å². The smallest absolute Gasteiger partial charge is 0.164 e. The fourth-order valence-electron chi connectivity index (χ4n) is 8.46. The minimum atomic E-state index is 0.624. The quantitative estimate of drug-likeness (QED) is 0.173. The number of benzene rings is 6. The van der Waals surface area contributed by atoms with Crippen molar-refractivity contribution >= 4 is 177 Å². The lowest BCUT2D eigenvalue weighted by Gasteiger charge is -2.22. The lowest BCUT2D eigenvalue weighted by Crippen LogP contribution is -2.55. The van der Waals surface area contributed by atoms with Crippen molar-refractivity contribution in [3.05, 3.63) is 78.9 Å². The van der Waals surface area contributed by atoms with Crippen LogP contribution in [0.3, 0.4) is 0 Å². The Morgan fingerprint density at radius 1 is 0.352 bits per heavy atom. The van der Waals surface area contributed by atoms with Gasteiger partial charge in [0.2, 0.25) is 0 Å². The highest BCUT2D eigenvalue weighted by molar-refractivity contribution is 6.69. The third kappa shape index (κ3) is 5.11. The summed E-state index contributed by atoms with van der Waals surface area (Å²) in [5.74, 6) is 2.01. The van der Waals surface area contributed by atoms with Gasteiger partial charge in [0.15, 0.2) is 17.5 Å². The molecule has 0 bridgehead atoms. The van der Waals surface area contributed by atoms with Crippen LogP contribution in [0.2, 0.25) is 0 Å². The van der Waals surface area contributed by atoms with Gasteiger partial charge in [-0.3, -0.25) is 0 Å². The Kier molecular flexibility index (Phi) is 8.00. The Balaban J connectivity index is 1.23. The molecular weight excluding hydrogens is 651 g/mol. The molecule has 246 valence electrons. The van der Waals surface area contributed by atoms with Gasteiger partial charge in [0, 0.05) is 43.8 Å². The maximum atomic E-state index is 6.64. The van der Waals surface area contributed by atoms with Gasteiger partial charge in [-0.05, 0) is 35.9 Å². The van der Waals surface area contributed by atoms with Crippen LogP contribution in [0, 0.1) is 0 Å². The summed E-state index contributed by atoms with van der Waals surface area (Å²) >= 11 is 0. The number of para-hydroxylation sites is 2. The minimum Gasteiger partial charge on any atom is -0.456 e. The molecule has 6 aromatic carbocycles. The monoisotopic (exact) mass is 685 g/mol. The number of fused-ring (bicyclic) bond motifs is 6. The van der Waals surface area contributed by atoms with Crippen LogP contribution >= 0.6 is 0 Å². The molecule has 0 radical (unpaired) electrons. The van der Waals surface area contributed by atoms with E-state index in [2.05, 4.69) is 145 Å². The van der Waals surface area contributed by atoms with Gasteiger partial charge in [0.1, 0.15) is 101 Å². The number of rotatable bonds is 4. The maximum absolute atomic E-state index is 6.64. The lowest BCUT2D eigenvalue weighted by atomic mass is 9.60. The number of aromatic nitrogens is 3. The third-order valence-electron chi connectivity index (χ3n) is 12.5. The molecule has 54 heavy (non-hydrogen) atoms. The zero-order valence-electron chi connectivity index (χ0n) is 32.7. The topological polar surface area (TPSA) is 65.0 Å². The Hall–Kier alpha value is -5.42. The molecular formula is C39H33B10N3O2. The Bertz CT molecular complexity index is 2940. The van der Waals surface area contributed by atoms with Gasteiger partial charge in [0.05, 0.1) is 0 Å². The van der Waals surface area contributed by atoms with E-state index in [9.17, 15) is 0 Å². The molecule has 0 unspecified atom stereocenters. The number of hydrogen-bond acceptors (Lipinski definition) is 5. The molecule has 0 saturated carbocycles. The van der Waals surface area contributed by atoms with Crippen LogP contribution in [-0.2, 0) is 0 Å². The first kappa shape index (κ1) is 34.4. The first-order valence-electron chi connectivity index (χ1n) is 18.7. The molecule has 9 aromatic rings. The largest absolute Gasteiger partial charge is 0.456 e. The third-order valence-corrected chi connectivity index (χ3v) is 12.5. The van der Waals surface area contributed by atoms with Gasteiger partial charge >= 0.3 is 0 Å². The zero-order chi connectivity index (χ0) is 37.7. The van der Waals surface area contributed by atoms with Crippen molar-refractivity contribution < 1.29 is 8.83 Å². The van der Waals surface area contributed by atoms with E-state index in [1.54, 1.807) is 0 Å². The van der Waals surface area contributed by atoms with Crippen molar-refractivity contribution in [2.75, 3.05) is 0 Å². The minimum absolute atomic E-state index is 0.624. The van der Waals surface area contributed by atoms with Gasteiger partial charge in [-0.25, -0.2) is 15.0 Å². The Labute approximate surface area is 323 Å². The van der Waals surface area contributed by atoms with Crippen molar-refractivity contribution in [2.24, 2.45) is 0 Å². The molecule has 0 saturated heterocycles. The molecule has 15 heteroatoms. The van der Waals surface area contributed by atoms with Gasteiger partial charge in [-0.1, -0.05) is 70.4 Å². The van der Waals surface area contributed by atoms with Gasteiger partial charge in [-0.2, -0.15) is 0 Å². The molecule has 0 spiro atoms. The second-order valence-corrected chi connectivity index (χ2v) is 15.1. The van der Waals surface area contributed by atoms with Gasteiger partial charge in [-0.15, -0.1) is 32.8 Å². The van der Waals surface area contributed by atoms with Crippen molar-refractivity contribution in [2.45, 2.75) is 0 Å². The van der Waals surface area contributed by atoms with Crippen molar-refractivity contribution in [3.63, 3.8) is 0 Å². The van der Waals surface area contributed by atoms with Crippen molar-refractivity contribution in [1.29, 1.82) is 0 Å². The average molecular weight is 684 g/mol. The van der Waals surface area contributed by atoms with Crippen molar-refractivity contribution in [3.8, 4) is 45.3 Å². The summed E-state index contributed by atoms with van der Waals surface area (Å²) in [6.07, 6.45) is 0. The SMILES string of the molecule is Bc1c(B)c(B)c(-c2nc(-c3ccc4c(c3)oc3cc(-c5cccc6c5oc5ccccc56)ccc34)nc(-c3c(B)c(B)c(B)c(B)c3B)n2)c(B)c1B. The average Bonchev–Trinajstić information content (AvgIpc) is 3.75. The number of furan rings is 2. The van der Waals surface area contributed by atoms with E-state index in [1.165, 1.54) is 54.6 Å². The van der Waals surface area contributed by atoms with Gasteiger partial charge in [0.25, 0.3) is 0 Å². The maximum Gasteiger partial charge on any atom is 0.164 e. The van der Waals surface area contributed by atoms with E-state index < -0.39 is 0 Å². The number of nitrogens with zero attached hydrogens (tertiary/aromatic N) is 3. The lowest BCUT2D eigenvalue weighted by molar-refractivity contribution is 0.668. The van der Waals surface area contributed by atoms with Crippen LogP contribution in [0.1, 0.15) is 0 Å². The molecule has 5 nitrogen and oxygen atoms in total. The van der Waals surface area contributed by atoms with E-state index >= 15 is 0 Å². The summed E-state index contributed by atoms with van der Waals surface area (Å²) in [5, 5.41) is 4.33. The molecule has 9 rings (SSSR count). The van der Waals surface area contributed by atoms with Crippen LogP contribution in [-0.4, -0.2) is 93.4 Å². The normalized spacial score (nSPS) is 11.7. The van der Waals surface area contributed by atoms with Crippen LogP contribution in [0.5, 0.6) is 0 Å². The highest BCUT2D eigenvalue weighted by Gasteiger charge is 2.22. The molecule has 0 amide bonds. The molecule has 0 N–H and O–H groups in total.